The Labute approximate surface area is 153 Å². The maximum absolute atomic E-state index is 12.9. The lowest BCUT2D eigenvalue weighted by atomic mass is 9.97. The van der Waals surface area contributed by atoms with E-state index in [9.17, 15) is 18.0 Å². The Balaban J connectivity index is 1.82. The molecule has 2 aromatic carbocycles. The first-order chi connectivity index (χ1) is 12.4. The highest BCUT2D eigenvalue weighted by Gasteiger charge is 2.28. The SMILES string of the molecule is CS(=O)(=O)N1CCN(C(=O)c2ccccc2C(=O)c2ccccc2)CC1. The summed E-state index contributed by atoms with van der Waals surface area (Å²) in [5, 5.41) is 0. The van der Waals surface area contributed by atoms with Gasteiger partial charge in [-0.1, -0.05) is 48.5 Å². The maximum Gasteiger partial charge on any atom is 0.254 e. The summed E-state index contributed by atoms with van der Waals surface area (Å²) in [4.78, 5) is 27.3. The van der Waals surface area contributed by atoms with Crippen LogP contribution < -0.4 is 0 Å². The minimum absolute atomic E-state index is 0.204. The van der Waals surface area contributed by atoms with Crippen molar-refractivity contribution >= 4 is 21.7 Å². The summed E-state index contributed by atoms with van der Waals surface area (Å²) >= 11 is 0. The molecule has 136 valence electrons. The van der Waals surface area contributed by atoms with Crippen LogP contribution in [0, 0.1) is 0 Å². The molecule has 0 radical (unpaired) electrons. The summed E-state index contributed by atoms with van der Waals surface area (Å²) in [5.74, 6) is -0.456. The minimum atomic E-state index is -3.26. The van der Waals surface area contributed by atoms with Crippen molar-refractivity contribution in [3.63, 3.8) is 0 Å². The van der Waals surface area contributed by atoms with E-state index in [4.69, 9.17) is 0 Å². The topological polar surface area (TPSA) is 74.8 Å². The van der Waals surface area contributed by atoms with Crippen LogP contribution in [0.15, 0.2) is 54.6 Å². The molecule has 26 heavy (non-hydrogen) atoms. The van der Waals surface area contributed by atoms with E-state index in [1.165, 1.54) is 4.31 Å². The van der Waals surface area contributed by atoms with Gasteiger partial charge in [0.2, 0.25) is 10.0 Å². The van der Waals surface area contributed by atoms with Gasteiger partial charge in [-0.3, -0.25) is 9.59 Å². The average Bonchev–Trinajstić information content (AvgIpc) is 2.67. The van der Waals surface area contributed by atoms with E-state index in [1.807, 2.05) is 6.07 Å². The molecule has 0 bridgehead atoms. The molecule has 0 unspecified atom stereocenters. The lowest BCUT2D eigenvalue weighted by molar-refractivity contribution is 0.0695. The number of benzene rings is 2. The van der Waals surface area contributed by atoms with E-state index in [0.717, 1.165) is 6.26 Å². The normalized spacial score (nSPS) is 15.7. The molecule has 7 heteroatoms. The fourth-order valence-corrected chi connectivity index (χ4v) is 3.83. The highest BCUT2D eigenvalue weighted by molar-refractivity contribution is 7.88. The molecule has 1 fully saturated rings. The van der Waals surface area contributed by atoms with Crippen molar-refractivity contribution in [2.24, 2.45) is 0 Å². The summed E-state index contributed by atoms with van der Waals surface area (Å²) in [6.07, 6.45) is 1.16. The van der Waals surface area contributed by atoms with Gasteiger partial charge in [0.15, 0.2) is 5.78 Å². The number of hydrogen-bond acceptors (Lipinski definition) is 4. The van der Waals surface area contributed by atoms with Gasteiger partial charge < -0.3 is 4.90 Å². The van der Waals surface area contributed by atoms with Crippen molar-refractivity contribution in [1.82, 2.24) is 9.21 Å². The van der Waals surface area contributed by atoms with Gasteiger partial charge in [-0.25, -0.2) is 8.42 Å². The highest BCUT2D eigenvalue weighted by atomic mass is 32.2. The van der Waals surface area contributed by atoms with Crippen LogP contribution in [0.2, 0.25) is 0 Å². The molecule has 2 aromatic rings. The zero-order valence-corrected chi connectivity index (χ0v) is 15.3. The van der Waals surface area contributed by atoms with Crippen molar-refractivity contribution in [3.8, 4) is 0 Å². The fraction of sp³-hybridized carbons (Fsp3) is 0.263. The van der Waals surface area contributed by atoms with Crippen molar-refractivity contribution in [2.45, 2.75) is 0 Å². The molecule has 0 saturated carbocycles. The third-order valence-electron chi connectivity index (χ3n) is 4.43. The van der Waals surface area contributed by atoms with Gasteiger partial charge >= 0.3 is 0 Å². The number of carbonyl (C=O) groups is 2. The molecule has 0 atom stereocenters. The predicted octanol–water partition coefficient (Wildman–Crippen LogP) is 1.64. The first-order valence-corrected chi connectivity index (χ1v) is 10.2. The molecule has 0 aliphatic carbocycles. The Bertz CT molecular complexity index is 918. The zero-order valence-electron chi connectivity index (χ0n) is 14.5. The summed E-state index contributed by atoms with van der Waals surface area (Å²) < 4.78 is 24.6. The third kappa shape index (κ3) is 3.84. The molecule has 0 aromatic heterocycles. The number of nitrogens with zero attached hydrogens (tertiary/aromatic N) is 2. The van der Waals surface area contributed by atoms with Gasteiger partial charge in [-0.15, -0.1) is 0 Å². The van der Waals surface area contributed by atoms with Gasteiger partial charge in [0.05, 0.1) is 11.8 Å². The third-order valence-corrected chi connectivity index (χ3v) is 5.74. The first-order valence-electron chi connectivity index (χ1n) is 8.31. The summed E-state index contributed by atoms with van der Waals surface area (Å²) in [6.45, 7) is 1.14. The molecule has 0 N–H and O–H groups in total. The molecule has 3 rings (SSSR count). The Hall–Kier alpha value is -2.51. The van der Waals surface area contributed by atoms with Crippen LogP contribution in [-0.2, 0) is 10.0 Å². The van der Waals surface area contributed by atoms with E-state index in [1.54, 1.807) is 53.4 Å². The van der Waals surface area contributed by atoms with Crippen LogP contribution in [0.5, 0.6) is 0 Å². The van der Waals surface area contributed by atoms with E-state index in [0.29, 0.717) is 29.8 Å². The number of sulfonamides is 1. The summed E-state index contributed by atoms with van der Waals surface area (Å²) in [6, 6.07) is 15.6. The fourth-order valence-electron chi connectivity index (χ4n) is 3.01. The second-order valence-electron chi connectivity index (χ2n) is 6.19. The number of amides is 1. The second kappa shape index (κ2) is 7.39. The van der Waals surface area contributed by atoms with Crippen molar-refractivity contribution < 1.29 is 18.0 Å². The minimum Gasteiger partial charge on any atom is -0.336 e. The van der Waals surface area contributed by atoms with Crippen LogP contribution in [0.25, 0.3) is 0 Å². The van der Waals surface area contributed by atoms with Crippen molar-refractivity contribution in [3.05, 3.63) is 71.3 Å². The molecule has 1 aliphatic heterocycles. The molecule has 1 aliphatic rings. The summed E-state index contributed by atoms with van der Waals surface area (Å²) in [7, 11) is -3.26. The van der Waals surface area contributed by atoms with Gasteiger partial charge in [0, 0.05) is 37.3 Å². The van der Waals surface area contributed by atoms with E-state index >= 15 is 0 Å². The van der Waals surface area contributed by atoms with E-state index in [2.05, 4.69) is 0 Å². The lowest BCUT2D eigenvalue weighted by Crippen LogP contribution is -2.50. The molecule has 1 saturated heterocycles. The van der Waals surface area contributed by atoms with Crippen LogP contribution in [0.4, 0.5) is 0 Å². The molecule has 1 heterocycles. The number of rotatable bonds is 4. The van der Waals surface area contributed by atoms with Crippen LogP contribution >= 0.6 is 0 Å². The zero-order chi connectivity index (χ0) is 18.7. The Kier molecular flexibility index (Phi) is 5.20. The Morgan fingerprint density at radius 3 is 1.92 bits per heavy atom. The van der Waals surface area contributed by atoms with Crippen LogP contribution in [-0.4, -0.2) is 61.7 Å². The Morgan fingerprint density at radius 1 is 0.808 bits per heavy atom. The summed E-state index contributed by atoms with van der Waals surface area (Å²) in [5.41, 5.74) is 1.22. The quantitative estimate of drug-likeness (QED) is 0.765. The molecule has 0 spiro atoms. The monoisotopic (exact) mass is 372 g/mol. The van der Waals surface area contributed by atoms with Gasteiger partial charge in [0.1, 0.15) is 0 Å². The first kappa shape index (κ1) is 18.3. The van der Waals surface area contributed by atoms with E-state index < -0.39 is 10.0 Å². The van der Waals surface area contributed by atoms with Crippen LogP contribution in [0.1, 0.15) is 26.3 Å². The standard InChI is InChI=1S/C19H20N2O4S/c1-26(24,25)21-13-11-20(12-14-21)19(23)17-10-6-5-9-16(17)18(22)15-7-3-2-4-8-15/h2-10H,11-14H2,1H3. The van der Waals surface area contributed by atoms with Crippen molar-refractivity contribution in [2.75, 3.05) is 32.4 Å². The molecular formula is C19H20N2O4S. The number of ketones is 1. The average molecular weight is 372 g/mol. The number of carbonyl (C=O) groups excluding carboxylic acids is 2. The smallest absolute Gasteiger partial charge is 0.254 e. The van der Waals surface area contributed by atoms with Gasteiger partial charge in [0.25, 0.3) is 5.91 Å². The molecule has 1 amide bonds. The number of piperazine rings is 1. The predicted molar refractivity (Wildman–Crippen MR) is 98.6 cm³/mol. The Morgan fingerprint density at radius 2 is 1.35 bits per heavy atom. The largest absolute Gasteiger partial charge is 0.336 e. The second-order valence-corrected chi connectivity index (χ2v) is 8.18. The van der Waals surface area contributed by atoms with Crippen LogP contribution in [0.3, 0.4) is 0 Å². The van der Waals surface area contributed by atoms with Crippen molar-refractivity contribution in [1.29, 1.82) is 0 Å². The van der Waals surface area contributed by atoms with Gasteiger partial charge in [-0.05, 0) is 6.07 Å². The lowest BCUT2D eigenvalue weighted by Gasteiger charge is -2.33. The highest BCUT2D eigenvalue weighted by Crippen LogP contribution is 2.18. The maximum atomic E-state index is 12.9. The van der Waals surface area contributed by atoms with E-state index in [-0.39, 0.29) is 24.8 Å². The molecular weight excluding hydrogens is 352 g/mol. The van der Waals surface area contributed by atoms with Gasteiger partial charge in [-0.2, -0.15) is 4.31 Å². The number of hydrogen-bond donors (Lipinski definition) is 0. The molecule has 6 nitrogen and oxygen atoms in total.